The number of carbonyl (C=O) groups excluding carboxylic acids is 3. The molecule has 43 heavy (non-hydrogen) atoms. The molecule has 0 saturated heterocycles. The zero-order valence-corrected chi connectivity index (χ0v) is 24.7. The molecule has 0 heterocycles. The van der Waals surface area contributed by atoms with Gasteiger partial charge in [0, 0.05) is 27.4 Å². The van der Waals surface area contributed by atoms with Gasteiger partial charge < -0.3 is 25.4 Å². The Morgan fingerprint density at radius 2 is 1.58 bits per heavy atom. The average molecular weight is 620 g/mol. The van der Waals surface area contributed by atoms with Crippen LogP contribution in [0.4, 0.5) is 15.8 Å². The normalized spacial score (nSPS) is 10.9. The fourth-order valence-corrected chi connectivity index (χ4v) is 4.76. The zero-order valence-electron chi connectivity index (χ0n) is 23.2. The Kier molecular flexibility index (Phi) is 10.8. The van der Waals surface area contributed by atoms with Gasteiger partial charge in [0.25, 0.3) is 11.8 Å². The van der Waals surface area contributed by atoms with Gasteiger partial charge in [-0.3, -0.25) is 14.4 Å². The summed E-state index contributed by atoms with van der Waals surface area (Å²) in [7, 11) is 2.99. The van der Waals surface area contributed by atoms with Crippen LogP contribution in [0, 0.1) is 5.82 Å². The number of anilines is 2. The first-order valence-electron chi connectivity index (χ1n) is 12.9. The summed E-state index contributed by atoms with van der Waals surface area (Å²) in [6, 6.07) is 24.5. The van der Waals surface area contributed by atoms with Crippen molar-refractivity contribution in [3.63, 3.8) is 0 Å². The maximum absolute atomic E-state index is 13.4. The monoisotopic (exact) mass is 619 g/mol. The van der Waals surface area contributed by atoms with Crippen molar-refractivity contribution in [2.24, 2.45) is 0 Å². The Balaban J connectivity index is 1.46. The van der Waals surface area contributed by atoms with Gasteiger partial charge in [-0.25, -0.2) is 4.39 Å². The molecule has 0 unspecified atom stereocenters. The lowest BCUT2D eigenvalue weighted by molar-refractivity contribution is -0.114. The number of thioether (sulfide) groups is 1. The third-order valence-electron chi connectivity index (χ3n) is 5.95. The van der Waals surface area contributed by atoms with Gasteiger partial charge >= 0.3 is 0 Å². The van der Waals surface area contributed by atoms with E-state index in [0.29, 0.717) is 34.0 Å². The Hall–Kier alpha value is -4.80. The van der Waals surface area contributed by atoms with Crippen molar-refractivity contribution < 1.29 is 28.2 Å². The summed E-state index contributed by atoms with van der Waals surface area (Å²) in [5.41, 5.74) is 1.75. The number of ether oxygens (including phenoxy) is 2. The predicted molar refractivity (Wildman–Crippen MR) is 167 cm³/mol. The Morgan fingerprint density at radius 3 is 2.26 bits per heavy atom. The Morgan fingerprint density at radius 1 is 0.860 bits per heavy atom. The fraction of sp³-hybridized carbons (Fsp3) is 0.0938. The highest BCUT2D eigenvalue weighted by Crippen LogP contribution is 2.32. The molecule has 11 heteroatoms. The number of amides is 3. The van der Waals surface area contributed by atoms with Gasteiger partial charge in [0.15, 0.2) is 11.5 Å². The van der Waals surface area contributed by atoms with Crippen molar-refractivity contribution in [1.29, 1.82) is 0 Å². The molecule has 4 aromatic carbocycles. The minimum absolute atomic E-state index is 0.0172. The predicted octanol–water partition coefficient (Wildman–Crippen LogP) is 6.64. The van der Waals surface area contributed by atoms with Gasteiger partial charge in [-0.2, -0.15) is 0 Å². The quantitative estimate of drug-likeness (QED) is 0.128. The summed E-state index contributed by atoms with van der Waals surface area (Å²) >= 11 is 7.04. The fourth-order valence-electron chi connectivity index (χ4n) is 3.88. The molecule has 0 spiro atoms. The van der Waals surface area contributed by atoms with E-state index in [9.17, 15) is 18.8 Å². The molecule has 4 aromatic rings. The summed E-state index contributed by atoms with van der Waals surface area (Å²) in [6.07, 6.45) is 1.51. The molecule has 8 nitrogen and oxygen atoms in total. The Bertz CT molecular complexity index is 1650. The molecule has 3 amide bonds. The number of hydrogen-bond donors (Lipinski definition) is 3. The first-order valence-corrected chi connectivity index (χ1v) is 14.2. The molecule has 0 aliphatic heterocycles. The van der Waals surface area contributed by atoms with Gasteiger partial charge in [0.2, 0.25) is 5.91 Å². The van der Waals surface area contributed by atoms with Gasteiger partial charge in [0.1, 0.15) is 11.5 Å². The lowest BCUT2D eigenvalue weighted by Gasteiger charge is -2.14. The lowest BCUT2D eigenvalue weighted by Crippen LogP contribution is -2.30. The summed E-state index contributed by atoms with van der Waals surface area (Å²) in [5.74, 6) is -0.916. The molecule has 0 saturated carbocycles. The van der Waals surface area contributed by atoms with E-state index in [4.69, 9.17) is 21.1 Å². The molecule has 3 N–H and O–H groups in total. The number of para-hydroxylation sites is 1. The highest BCUT2D eigenvalue weighted by molar-refractivity contribution is 8.00. The molecular weight excluding hydrogens is 593 g/mol. The smallest absolute Gasteiger partial charge is 0.272 e. The van der Waals surface area contributed by atoms with Crippen LogP contribution in [0.5, 0.6) is 11.5 Å². The molecule has 0 aromatic heterocycles. The highest BCUT2D eigenvalue weighted by atomic mass is 35.5. The third kappa shape index (κ3) is 8.60. The highest BCUT2D eigenvalue weighted by Gasteiger charge is 2.17. The molecule has 220 valence electrons. The number of carbonyl (C=O) groups is 3. The molecular formula is C32H27ClFN3O5S. The SMILES string of the molecule is COc1cccc(/C=C(\NC(=O)c2ccccc2)C(=O)Nc2ccc(SCC(=O)Nc3ccc(F)c(Cl)c3)cc2)c1OC. The molecule has 0 radical (unpaired) electrons. The maximum Gasteiger partial charge on any atom is 0.272 e. The first kappa shape index (κ1) is 31.1. The lowest BCUT2D eigenvalue weighted by atomic mass is 10.1. The van der Waals surface area contributed by atoms with E-state index < -0.39 is 17.6 Å². The minimum atomic E-state index is -0.567. The van der Waals surface area contributed by atoms with E-state index in [1.165, 1.54) is 50.3 Å². The molecule has 0 aliphatic carbocycles. The largest absolute Gasteiger partial charge is 0.493 e. The van der Waals surface area contributed by atoms with Gasteiger partial charge in [0.05, 0.1) is 25.0 Å². The van der Waals surface area contributed by atoms with Crippen LogP contribution < -0.4 is 25.4 Å². The van der Waals surface area contributed by atoms with Gasteiger partial charge in [-0.05, 0) is 66.7 Å². The van der Waals surface area contributed by atoms with E-state index in [2.05, 4.69) is 16.0 Å². The summed E-state index contributed by atoms with van der Waals surface area (Å²) in [4.78, 5) is 39.4. The topological polar surface area (TPSA) is 106 Å². The van der Waals surface area contributed by atoms with Crippen LogP contribution in [0.2, 0.25) is 5.02 Å². The van der Waals surface area contributed by atoms with Crippen molar-refractivity contribution in [1.82, 2.24) is 5.32 Å². The van der Waals surface area contributed by atoms with Crippen LogP contribution in [-0.2, 0) is 9.59 Å². The minimum Gasteiger partial charge on any atom is -0.493 e. The van der Waals surface area contributed by atoms with Crippen molar-refractivity contribution in [2.45, 2.75) is 4.90 Å². The van der Waals surface area contributed by atoms with Crippen LogP contribution in [0.3, 0.4) is 0 Å². The van der Waals surface area contributed by atoms with Crippen molar-refractivity contribution in [2.75, 3.05) is 30.6 Å². The van der Waals surface area contributed by atoms with Crippen LogP contribution >= 0.6 is 23.4 Å². The average Bonchev–Trinajstić information content (AvgIpc) is 3.02. The maximum atomic E-state index is 13.4. The third-order valence-corrected chi connectivity index (χ3v) is 7.25. The van der Waals surface area contributed by atoms with Gasteiger partial charge in [-0.1, -0.05) is 41.9 Å². The van der Waals surface area contributed by atoms with Crippen LogP contribution in [-0.4, -0.2) is 37.7 Å². The van der Waals surface area contributed by atoms with Crippen LogP contribution in [0.15, 0.2) is 102 Å². The number of hydrogen-bond acceptors (Lipinski definition) is 6. The number of rotatable bonds is 11. The first-order chi connectivity index (χ1) is 20.8. The van der Waals surface area contributed by atoms with Crippen molar-refractivity contribution in [3.05, 3.63) is 119 Å². The zero-order chi connectivity index (χ0) is 30.8. The van der Waals surface area contributed by atoms with E-state index in [1.807, 2.05) is 0 Å². The molecule has 4 rings (SSSR count). The number of benzene rings is 4. The molecule has 0 bridgehead atoms. The number of methoxy groups -OCH3 is 2. The van der Waals surface area contributed by atoms with E-state index in [-0.39, 0.29) is 22.4 Å². The molecule has 0 fully saturated rings. The number of halogens is 2. The number of nitrogens with one attached hydrogen (secondary N) is 3. The van der Waals surface area contributed by atoms with Crippen molar-refractivity contribution >= 4 is 58.5 Å². The van der Waals surface area contributed by atoms with Crippen LogP contribution in [0.1, 0.15) is 15.9 Å². The molecule has 0 atom stereocenters. The van der Waals surface area contributed by atoms with E-state index in [1.54, 1.807) is 72.8 Å². The second-order valence-electron chi connectivity index (χ2n) is 8.91. The summed E-state index contributed by atoms with van der Waals surface area (Å²) in [5, 5.41) is 8.08. The second kappa shape index (κ2) is 14.9. The second-order valence-corrected chi connectivity index (χ2v) is 10.4. The standard InChI is InChI=1S/C32H27ClFN3O5S/c1-41-28-10-6-9-21(30(28)42-2)17-27(37-31(39)20-7-4-3-5-8-20)32(40)36-22-11-14-24(15-12-22)43-19-29(38)35-23-13-16-26(34)25(33)18-23/h3-18H,19H2,1-2H3,(H,35,38)(H,36,40)(H,37,39)/b27-17-. The van der Waals surface area contributed by atoms with Crippen LogP contribution in [0.25, 0.3) is 6.08 Å². The van der Waals surface area contributed by atoms with E-state index >= 15 is 0 Å². The van der Waals surface area contributed by atoms with Gasteiger partial charge in [-0.15, -0.1) is 11.8 Å². The van der Waals surface area contributed by atoms with E-state index in [0.717, 1.165) is 4.90 Å². The van der Waals surface area contributed by atoms with Crippen molar-refractivity contribution in [3.8, 4) is 11.5 Å². The Labute approximate surface area is 257 Å². The summed E-state index contributed by atoms with van der Waals surface area (Å²) < 4.78 is 24.2. The summed E-state index contributed by atoms with van der Waals surface area (Å²) in [6.45, 7) is 0. The molecule has 0 aliphatic rings.